The van der Waals surface area contributed by atoms with E-state index in [1.165, 1.54) is 0 Å². The monoisotopic (exact) mass is 234 g/mol. The van der Waals surface area contributed by atoms with Crippen molar-refractivity contribution in [2.75, 3.05) is 0 Å². The van der Waals surface area contributed by atoms with E-state index < -0.39 is 6.10 Å². The molecule has 0 bridgehead atoms. The van der Waals surface area contributed by atoms with Crippen LogP contribution in [0, 0.1) is 6.92 Å². The van der Waals surface area contributed by atoms with Crippen LogP contribution in [0.25, 0.3) is 0 Å². The molecule has 17 heavy (non-hydrogen) atoms. The van der Waals surface area contributed by atoms with Crippen LogP contribution in [-0.4, -0.2) is 24.4 Å². The van der Waals surface area contributed by atoms with Crippen LogP contribution >= 0.6 is 0 Å². The molecule has 5 nitrogen and oxygen atoms in total. The first-order chi connectivity index (χ1) is 8.08. The normalized spacial score (nSPS) is 12.9. The zero-order valence-corrected chi connectivity index (χ0v) is 10.5. The van der Waals surface area contributed by atoms with Gasteiger partial charge < -0.3 is 9.67 Å². The summed E-state index contributed by atoms with van der Waals surface area (Å²) in [5.41, 5.74) is 1.79. The zero-order chi connectivity index (χ0) is 12.4. The van der Waals surface area contributed by atoms with Gasteiger partial charge in [0, 0.05) is 44.7 Å². The molecule has 2 aromatic heterocycles. The Bertz CT molecular complexity index is 500. The standard InChI is InChI=1S/C12H18N4O/c1-9-10(8-16(3)14-9)11(17)4-5-12-13-6-7-15(12)2/h6-8,11,17H,4-5H2,1-3H3. The van der Waals surface area contributed by atoms with Gasteiger partial charge in [0.15, 0.2) is 0 Å². The summed E-state index contributed by atoms with van der Waals surface area (Å²) >= 11 is 0. The van der Waals surface area contributed by atoms with Crippen LogP contribution in [0.15, 0.2) is 18.6 Å². The molecule has 0 saturated carbocycles. The first-order valence-corrected chi connectivity index (χ1v) is 5.72. The van der Waals surface area contributed by atoms with E-state index in [-0.39, 0.29) is 0 Å². The number of aromatic nitrogens is 4. The summed E-state index contributed by atoms with van der Waals surface area (Å²) in [5, 5.41) is 14.3. The van der Waals surface area contributed by atoms with Crippen LogP contribution in [0.4, 0.5) is 0 Å². The second kappa shape index (κ2) is 4.71. The Kier molecular flexibility index (Phi) is 3.28. The van der Waals surface area contributed by atoms with Crippen molar-refractivity contribution >= 4 is 0 Å². The molecule has 0 aliphatic heterocycles. The maximum Gasteiger partial charge on any atom is 0.108 e. The third-order valence-corrected chi connectivity index (χ3v) is 2.97. The highest BCUT2D eigenvalue weighted by molar-refractivity contribution is 5.18. The Morgan fingerprint density at radius 2 is 2.18 bits per heavy atom. The molecule has 0 aliphatic rings. The van der Waals surface area contributed by atoms with Crippen LogP contribution in [0.5, 0.6) is 0 Å². The quantitative estimate of drug-likeness (QED) is 0.862. The molecule has 0 radical (unpaired) electrons. The van der Waals surface area contributed by atoms with Crippen LogP contribution in [0.3, 0.4) is 0 Å². The summed E-state index contributed by atoms with van der Waals surface area (Å²) in [6, 6.07) is 0. The number of rotatable bonds is 4. The van der Waals surface area contributed by atoms with Gasteiger partial charge in [-0.3, -0.25) is 4.68 Å². The molecule has 2 aromatic rings. The number of aliphatic hydroxyl groups is 1. The average Bonchev–Trinajstić information content (AvgIpc) is 2.81. The van der Waals surface area contributed by atoms with Crippen molar-refractivity contribution in [2.45, 2.75) is 25.9 Å². The number of hydrogen-bond donors (Lipinski definition) is 1. The molecule has 0 aliphatic carbocycles. The molecule has 2 rings (SSSR count). The molecular formula is C12H18N4O. The number of aryl methyl sites for hydroxylation is 4. The van der Waals surface area contributed by atoms with E-state index in [4.69, 9.17) is 0 Å². The van der Waals surface area contributed by atoms with Crippen molar-refractivity contribution in [3.05, 3.63) is 35.7 Å². The van der Waals surface area contributed by atoms with E-state index in [0.29, 0.717) is 6.42 Å². The highest BCUT2D eigenvalue weighted by atomic mass is 16.3. The molecule has 5 heteroatoms. The minimum atomic E-state index is -0.472. The predicted molar refractivity (Wildman–Crippen MR) is 64.4 cm³/mol. The minimum Gasteiger partial charge on any atom is -0.388 e. The van der Waals surface area contributed by atoms with Crippen LogP contribution in [-0.2, 0) is 20.5 Å². The first kappa shape index (κ1) is 11.9. The van der Waals surface area contributed by atoms with Gasteiger partial charge in [-0.1, -0.05) is 0 Å². The summed E-state index contributed by atoms with van der Waals surface area (Å²) in [7, 11) is 3.83. The molecule has 0 aromatic carbocycles. The summed E-state index contributed by atoms with van der Waals surface area (Å²) < 4.78 is 3.71. The number of imidazole rings is 1. The van der Waals surface area contributed by atoms with Crippen molar-refractivity contribution < 1.29 is 5.11 Å². The Labute approximate surface area is 101 Å². The van der Waals surface area contributed by atoms with Gasteiger partial charge >= 0.3 is 0 Å². The molecule has 1 N–H and O–H groups in total. The van der Waals surface area contributed by atoms with Crippen LogP contribution in [0.1, 0.15) is 29.6 Å². The topological polar surface area (TPSA) is 55.9 Å². The van der Waals surface area contributed by atoms with Gasteiger partial charge in [0.25, 0.3) is 0 Å². The molecule has 0 fully saturated rings. The number of nitrogens with zero attached hydrogens (tertiary/aromatic N) is 4. The Morgan fingerprint density at radius 1 is 1.41 bits per heavy atom. The van der Waals surface area contributed by atoms with E-state index >= 15 is 0 Å². The van der Waals surface area contributed by atoms with Gasteiger partial charge in [0.05, 0.1) is 11.8 Å². The fraction of sp³-hybridized carbons (Fsp3) is 0.500. The Hall–Kier alpha value is -1.62. The van der Waals surface area contributed by atoms with E-state index in [1.54, 1.807) is 10.9 Å². The summed E-state index contributed by atoms with van der Waals surface area (Å²) in [4.78, 5) is 4.24. The van der Waals surface area contributed by atoms with E-state index in [2.05, 4.69) is 10.1 Å². The molecule has 0 saturated heterocycles. The highest BCUT2D eigenvalue weighted by Crippen LogP contribution is 2.20. The molecular weight excluding hydrogens is 216 g/mol. The van der Waals surface area contributed by atoms with E-state index in [9.17, 15) is 5.11 Å². The number of aliphatic hydroxyl groups excluding tert-OH is 1. The van der Waals surface area contributed by atoms with Gasteiger partial charge in [0.2, 0.25) is 0 Å². The first-order valence-electron chi connectivity index (χ1n) is 5.72. The lowest BCUT2D eigenvalue weighted by Crippen LogP contribution is -2.04. The van der Waals surface area contributed by atoms with Crippen LogP contribution < -0.4 is 0 Å². The van der Waals surface area contributed by atoms with Crippen molar-refractivity contribution in [1.29, 1.82) is 0 Å². The molecule has 0 spiro atoms. The third-order valence-electron chi connectivity index (χ3n) is 2.97. The van der Waals surface area contributed by atoms with Crippen molar-refractivity contribution in [1.82, 2.24) is 19.3 Å². The zero-order valence-electron chi connectivity index (χ0n) is 10.5. The molecule has 1 unspecified atom stereocenters. The number of hydrogen-bond acceptors (Lipinski definition) is 3. The van der Waals surface area contributed by atoms with Crippen molar-refractivity contribution in [2.24, 2.45) is 14.1 Å². The second-order valence-electron chi connectivity index (χ2n) is 4.35. The predicted octanol–water partition coefficient (Wildman–Crippen LogP) is 1.13. The second-order valence-corrected chi connectivity index (χ2v) is 4.35. The maximum absolute atomic E-state index is 10.1. The summed E-state index contributed by atoms with van der Waals surface area (Å²) in [6.45, 7) is 1.92. The molecule has 92 valence electrons. The lowest BCUT2D eigenvalue weighted by Gasteiger charge is -2.09. The van der Waals surface area contributed by atoms with Gasteiger partial charge in [0.1, 0.15) is 5.82 Å². The fourth-order valence-corrected chi connectivity index (χ4v) is 2.00. The van der Waals surface area contributed by atoms with Crippen LogP contribution in [0.2, 0.25) is 0 Å². The molecule has 1 atom stereocenters. The van der Waals surface area contributed by atoms with Crippen molar-refractivity contribution in [3.63, 3.8) is 0 Å². The lowest BCUT2D eigenvalue weighted by molar-refractivity contribution is 0.166. The lowest BCUT2D eigenvalue weighted by atomic mass is 10.1. The molecule has 0 amide bonds. The SMILES string of the molecule is Cc1nn(C)cc1C(O)CCc1nccn1C. The largest absolute Gasteiger partial charge is 0.388 e. The Balaban J connectivity index is 2.00. The third kappa shape index (κ3) is 2.55. The van der Waals surface area contributed by atoms with Crippen molar-refractivity contribution in [3.8, 4) is 0 Å². The fourth-order valence-electron chi connectivity index (χ4n) is 2.00. The Morgan fingerprint density at radius 3 is 2.71 bits per heavy atom. The summed E-state index contributed by atoms with van der Waals surface area (Å²) in [5.74, 6) is 0.991. The van der Waals surface area contributed by atoms with Gasteiger partial charge in [-0.15, -0.1) is 0 Å². The van der Waals surface area contributed by atoms with E-state index in [1.807, 2.05) is 38.0 Å². The minimum absolute atomic E-state index is 0.472. The van der Waals surface area contributed by atoms with E-state index in [0.717, 1.165) is 23.5 Å². The van der Waals surface area contributed by atoms with Gasteiger partial charge in [-0.05, 0) is 13.3 Å². The average molecular weight is 234 g/mol. The van der Waals surface area contributed by atoms with Gasteiger partial charge in [-0.25, -0.2) is 4.98 Å². The summed E-state index contributed by atoms with van der Waals surface area (Å²) in [6.07, 6.45) is 6.52. The van der Waals surface area contributed by atoms with Gasteiger partial charge in [-0.2, -0.15) is 5.10 Å². The highest BCUT2D eigenvalue weighted by Gasteiger charge is 2.14. The maximum atomic E-state index is 10.1. The molecule has 2 heterocycles. The smallest absolute Gasteiger partial charge is 0.108 e.